The fourth-order valence-corrected chi connectivity index (χ4v) is 3.77. The molecule has 5 rings (SSSR count). The molecule has 0 radical (unpaired) electrons. The lowest BCUT2D eigenvalue weighted by Crippen LogP contribution is -2.22. The van der Waals surface area contributed by atoms with Crippen LogP contribution in [0.5, 0.6) is 11.5 Å². The van der Waals surface area contributed by atoms with Crippen molar-refractivity contribution in [2.45, 2.75) is 31.8 Å². The molecule has 1 fully saturated rings. The van der Waals surface area contributed by atoms with Crippen molar-refractivity contribution in [1.29, 1.82) is 0 Å². The van der Waals surface area contributed by atoms with Crippen LogP contribution in [0, 0.1) is 0 Å². The summed E-state index contributed by atoms with van der Waals surface area (Å²) in [5.41, 5.74) is 3.25. The summed E-state index contributed by atoms with van der Waals surface area (Å²) >= 11 is 0. The molecule has 7 heteroatoms. The standard InChI is InChI=1S/C13H13NO4.C9H8O2/c15-11-5-4-10-9(11)2-1-3-12(10)17-7-8-6-14-13(16)18-8;10-8-3-1-2-6-7(8)4-5-9(6)11/h1-3,8H,4-7H2,(H,14,16);1-3,10H,4-5H2. The number of alkyl carbamates (subject to hydrolysis) is 1. The highest BCUT2D eigenvalue weighted by Gasteiger charge is 2.26. The number of cyclic esters (lactones) is 1. The smallest absolute Gasteiger partial charge is 0.407 e. The van der Waals surface area contributed by atoms with Crippen molar-refractivity contribution in [3.05, 3.63) is 58.7 Å². The van der Waals surface area contributed by atoms with E-state index in [1.807, 2.05) is 18.2 Å². The Morgan fingerprint density at radius 1 is 0.931 bits per heavy atom. The van der Waals surface area contributed by atoms with E-state index in [0.29, 0.717) is 38.0 Å². The summed E-state index contributed by atoms with van der Waals surface area (Å²) in [6.45, 7) is 0.774. The SMILES string of the molecule is O=C1CCc2c(O)cccc21.O=C1NCC(COc2cccc3c2CCC3=O)O1. The van der Waals surface area contributed by atoms with E-state index < -0.39 is 6.09 Å². The number of carbonyl (C=O) groups excluding carboxylic acids is 3. The molecule has 1 amide bonds. The Bertz CT molecular complexity index is 983. The average Bonchev–Trinajstić information content (AvgIpc) is 3.42. The second-order valence-electron chi connectivity index (χ2n) is 7.15. The Morgan fingerprint density at radius 2 is 1.59 bits per heavy atom. The van der Waals surface area contributed by atoms with Gasteiger partial charge in [-0.05, 0) is 25.0 Å². The number of amides is 1. The van der Waals surface area contributed by atoms with E-state index in [9.17, 15) is 19.5 Å². The van der Waals surface area contributed by atoms with Gasteiger partial charge < -0.3 is 19.9 Å². The molecule has 2 aromatic carbocycles. The summed E-state index contributed by atoms with van der Waals surface area (Å²) in [6.07, 6.45) is 1.86. The summed E-state index contributed by atoms with van der Waals surface area (Å²) < 4.78 is 10.6. The molecular formula is C22H21NO6. The highest BCUT2D eigenvalue weighted by molar-refractivity contribution is 6.01. The molecule has 1 atom stereocenters. The van der Waals surface area contributed by atoms with E-state index in [-0.39, 0.29) is 23.4 Å². The molecule has 1 heterocycles. The largest absolute Gasteiger partial charge is 0.508 e. The van der Waals surface area contributed by atoms with Crippen LogP contribution in [0.25, 0.3) is 0 Å². The van der Waals surface area contributed by atoms with Crippen LogP contribution < -0.4 is 10.1 Å². The first-order chi connectivity index (χ1) is 14.0. The summed E-state index contributed by atoms with van der Waals surface area (Å²) in [5, 5.41) is 11.9. The number of ether oxygens (including phenoxy) is 2. The Kier molecular flexibility index (Phi) is 5.20. The number of rotatable bonds is 3. The maximum atomic E-state index is 11.6. The van der Waals surface area contributed by atoms with Gasteiger partial charge in [-0.2, -0.15) is 0 Å². The van der Waals surface area contributed by atoms with Crippen LogP contribution in [0.3, 0.4) is 0 Å². The third-order valence-corrected chi connectivity index (χ3v) is 5.26. The van der Waals surface area contributed by atoms with Crippen LogP contribution in [0.4, 0.5) is 4.79 Å². The van der Waals surface area contributed by atoms with E-state index in [2.05, 4.69) is 5.32 Å². The van der Waals surface area contributed by atoms with Crippen LogP contribution in [-0.4, -0.2) is 42.0 Å². The van der Waals surface area contributed by atoms with E-state index in [1.165, 1.54) is 0 Å². The number of aromatic hydroxyl groups is 1. The number of hydrogen-bond donors (Lipinski definition) is 2. The highest BCUT2D eigenvalue weighted by Crippen LogP contribution is 2.31. The predicted molar refractivity (Wildman–Crippen MR) is 104 cm³/mol. The Labute approximate surface area is 167 Å². The van der Waals surface area contributed by atoms with Crippen molar-refractivity contribution in [3.63, 3.8) is 0 Å². The third kappa shape index (κ3) is 3.94. The normalized spacial score (nSPS) is 19.0. The van der Waals surface area contributed by atoms with Gasteiger partial charge in [-0.25, -0.2) is 4.79 Å². The van der Waals surface area contributed by atoms with E-state index in [1.54, 1.807) is 18.2 Å². The Hall–Kier alpha value is -3.35. The van der Waals surface area contributed by atoms with Gasteiger partial charge in [0, 0.05) is 35.1 Å². The van der Waals surface area contributed by atoms with E-state index in [4.69, 9.17) is 9.47 Å². The fourth-order valence-electron chi connectivity index (χ4n) is 3.77. The van der Waals surface area contributed by atoms with Crippen LogP contribution in [-0.2, 0) is 17.6 Å². The predicted octanol–water partition coefficient (Wildman–Crippen LogP) is 2.82. The Balaban J connectivity index is 0.000000159. The molecule has 0 bridgehead atoms. The number of phenols is 1. The fraction of sp³-hybridized carbons (Fsp3) is 0.318. The van der Waals surface area contributed by atoms with Gasteiger partial charge in [0.1, 0.15) is 18.1 Å². The molecule has 1 saturated heterocycles. The summed E-state index contributed by atoms with van der Waals surface area (Å²) in [4.78, 5) is 33.6. The summed E-state index contributed by atoms with van der Waals surface area (Å²) in [5.74, 6) is 1.30. The van der Waals surface area contributed by atoms with Gasteiger partial charge in [0.15, 0.2) is 17.7 Å². The molecule has 0 saturated carbocycles. The van der Waals surface area contributed by atoms with E-state index >= 15 is 0 Å². The van der Waals surface area contributed by atoms with Crippen molar-refractivity contribution in [2.24, 2.45) is 0 Å². The molecule has 3 aliphatic rings. The Morgan fingerprint density at radius 3 is 2.24 bits per heavy atom. The molecule has 0 spiro atoms. The summed E-state index contributed by atoms with van der Waals surface area (Å²) in [7, 11) is 0. The number of hydrogen-bond acceptors (Lipinski definition) is 6. The molecule has 1 unspecified atom stereocenters. The zero-order chi connectivity index (χ0) is 20.4. The van der Waals surface area contributed by atoms with Gasteiger partial charge >= 0.3 is 6.09 Å². The van der Waals surface area contributed by atoms with Crippen LogP contribution >= 0.6 is 0 Å². The molecule has 1 aliphatic heterocycles. The molecule has 2 N–H and O–H groups in total. The monoisotopic (exact) mass is 395 g/mol. The molecule has 29 heavy (non-hydrogen) atoms. The third-order valence-electron chi connectivity index (χ3n) is 5.26. The number of benzene rings is 2. The molecule has 0 aromatic heterocycles. The first kappa shape index (κ1) is 19.0. The molecule has 7 nitrogen and oxygen atoms in total. The highest BCUT2D eigenvalue weighted by atomic mass is 16.6. The average molecular weight is 395 g/mol. The van der Waals surface area contributed by atoms with Gasteiger partial charge in [-0.3, -0.25) is 9.59 Å². The van der Waals surface area contributed by atoms with Gasteiger partial charge in [0.05, 0.1) is 6.54 Å². The minimum atomic E-state index is -0.405. The molecule has 150 valence electrons. The number of phenolic OH excluding ortho intramolecular Hbond substituents is 1. The first-order valence-electron chi connectivity index (χ1n) is 9.59. The topological polar surface area (TPSA) is 102 Å². The zero-order valence-corrected chi connectivity index (χ0v) is 15.8. The van der Waals surface area contributed by atoms with Crippen LogP contribution in [0.2, 0.25) is 0 Å². The number of carbonyl (C=O) groups is 3. The van der Waals surface area contributed by atoms with E-state index in [0.717, 1.165) is 28.9 Å². The van der Waals surface area contributed by atoms with Crippen molar-refractivity contribution >= 4 is 17.7 Å². The maximum Gasteiger partial charge on any atom is 0.407 e. The second kappa shape index (κ2) is 7.95. The van der Waals surface area contributed by atoms with Crippen molar-refractivity contribution in [2.75, 3.05) is 13.2 Å². The number of ketones is 2. The van der Waals surface area contributed by atoms with Gasteiger partial charge in [-0.15, -0.1) is 0 Å². The number of Topliss-reactive ketones (excluding diaryl/α,β-unsaturated/α-hetero) is 2. The lowest BCUT2D eigenvalue weighted by atomic mass is 10.1. The molecular weight excluding hydrogens is 374 g/mol. The van der Waals surface area contributed by atoms with Gasteiger partial charge in [0.25, 0.3) is 0 Å². The quantitative estimate of drug-likeness (QED) is 0.829. The van der Waals surface area contributed by atoms with Crippen LogP contribution in [0.1, 0.15) is 44.7 Å². The minimum absolute atomic E-state index is 0.149. The lowest BCUT2D eigenvalue weighted by Gasteiger charge is -2.12. The zero-order valence-electron chi connectivity index (χ0n) is 15.8. The number of fused-ring (bicyclic) bond motifs is 2. The molecule has 2 aromatic rings. The maximum absolute atomic E-state index is 11.6. The number of nitrogens with one attached hydrogen (secondary N) is 1. The minimum Gasteiger partial charge on any atom is -0.508 e. The summed E-state index contributed by atoms with van der Waals surface area (Å²) in [6, 6.07) is 10.6. The van der Waals surface area contributed by atoms with Gasteiger partial charge in [0.2, 0.25) is 0 Å². The van der Waals surface area contributed by atoms with Crippen molar-refractivity contribution in [1.82, 2.24) is 5.32 Å². The van der Waals surface area contributed by atoms with Crippen molar-refractivity contribution in [3.8, 4) is 11.5 Å². The van der Waals surface area contributed by atoms with Gasteiger partial charge in [-0.1, -0.05) is 24.3 Å². The molecule has 2 aliphatic carbocycles. The lowest BCUT2D eigenvalue weighted by molar-refractivity contribution is 0.0986. The van der Waals surface area contributed by atoms with Crippen LogP contribution in [0.15, 0.2) is 36.4 Å². The second-order valence-corrected chi connectivity index (χ2v) is 7.15. The first-order valence-corrected chi connectivity index (χ1v) is 9.59. The van der Waals surface area contributed by atoms with Crippen molar-refractivity contribution < 1.29 is 29.0 Å².